The highest BCUT2D eigenvalue weighted by Crippen LogP contribution is 2.15. The number of nitrogens with two attached hydrogens (primary N) is 2. The van der Waals surface area contributed by atoms with Gasteiger partial charge in [0, 0.05) is 11.4 Å². The minimum absolute atomic E-state index is 0.0959. The van der Waals surface area contributed by atoms with Gasteiger partial charge in [-0.3, -0.25) is 4.79 Å². The van der Waals surface area contributed by atoms with Crippen molar-refractivity contribution in [2.75, 3.05) is 11.5 Å². The van der Waals surface area contributed by atoms with Gasteiger partial charge in [0.05, 0.1) is 5.69 Å². The van der Waals surface area contributed by atoms with Gasteiger partial charge in [-0.05, 0) is 0 Å². The Morgan fingerprint density at radius 1 is 1.38 bits per heavy atom. The summed E-state index contributed by atoms with van der Waals surface area (Å²) in [6.07, 6.45) is 0. The Kier molecular flexibility index (Phi) is 3.02. The lowest BCUT2D eigenvalue weighted by atomic mass is 10.3. The fourth-order valence-corrected chi connectivity index (χ4v) is 1.42. The van der Waals surface area contributed by atoms with E-state index in [2.05, 4.69) is 32.6 Å². The Balaban J connectivity index is 3.30. The van der Waals surface area contributed by atoms with Crippen molar-refractivity contribution in [2.45, 2.75) is 11.4 Å². The first-order valence-corrected chi connectivity index (χ1v) is 5.07. The zero-order valence-electron chi connectivity index (χ0n) is 7.04. The molecule has 0 atom stereocenters. The number of halogens is 1. The van der Waals surface area contributed by atoms with Crippen molar-refractivity contribution in [1.29, 1.82) is 0 Å². The highest BCUT2D eigenvalue weighted by atomic mass is 127. The normalized spacial score (nSPS) is 10.0. The quantitative estimate of drug-likeness (QED) is 0.477. The summed E-state index contributed by atoms with van der Waals surface area (Å²) in [5, 5.41) is 0. The first-order valence-electron chi connectivity index (χ1n) is 3.55. The van der Waals surface area contributed by atoms with Crippen molar-refractivity contribution in [2.24, 2.45) is 0 Å². The lowest BCUT2D eigenvalue weighted by molar-refractivity contribution is 0.101. The molecule has 4 N–H and O–H groups in total. The molecule has 0 amide bonds. The maximum atomic E-state index is 11.0. The monoisotopic (exact) mass is 292 g/mol. The fraction of sp³-hybridized carbons (Fsp3) is 0.286. The van der Waals surface area contributed by atoms with E-state index in [9.17, 15) is 4.79 Å². The van der Waals surface area contributed by atoms with Crippen LogP contribution in [0.3, 0.4) is 0 Å². The SMILES string of the molecule is CC(=O)c1nc(CI)c(N)nc1N. The molecule has 0 spiro atoms. The van der Waals surface area contributed by atoms with E-state index >= 15 is 0 Å². The number of Topliss-reactive ketones (excluding diaryl/α,β-unsaturated/α-hetero) is 1. The first kappa shape index (κ1) is 10.2. The van der Waals surface area contributed by atoms with E-state index in [4.69, 9.17) is 11.5 Å². The summed E-state index contributed by atoms with van der Waals surface area (Å²) in [6, 6.07) is 0. The van der Waals surface area contributed by atoms with E-state index < -0.39 is 0 Å². The van der Waals surface area contributed by atoms with Crippen LogP contribution < -0.4 is 11.5 Å². The predicted octanol–water partition coefficient (Wildman–Crippen LogP) is 0.779. The molecular weight excluding hydrogens is 283 g/mol. The third-order valence-electron chi connectivity index (χ3n) is 1.49. The van der Waals surface area contributed by atoms with Crippen LogP contribution >= 0.6 is 22.6 Å². The summed E-state index contributed by atoms with van der Waals surface area (Å²) in [5.41, 5.74) is 11.8. The number of hydrogen-bond donors (Lipinski definition) is 2. The van der Waals surface area contributed by atoms with Crippen LogP contribution in [0.4, 0.5) is 11.6 Å². The van der Waals surface area contributed by atoms with Gasteiger partial charge in [0.15, 0.2) is 11.6 Å². The molecule has 0 aliphatic carbocycles. The maximum absolute atomic E-state index is 11.0. The lowest BCUT2D eigenvalue weighted by Gasteiger charge is -2.04. The van der Waals surface area contributed by atoms with Crippen LogP contribution in [0.5, 0.6) is 0 Å². The standard InChI is InChI=1S/C7H9IN4O/c1-3(13)5-7(10)12-6(9)4(2-8)11-5/h2H2,1H3,(H4,9,10,12). The van der Waals surface area contributed by atoms with Crippen LogP contribution in [0.15, 0.2) is 0 Å². The van der Waals surface area contributed by atoms with Crippen LogP contribution in [-0.4, -0.2) is 15.8 Å². The van der Waals surface area contributed by atoms with E-state index in [1.54, 1.807) is 0 Å². The molecule has 6 heteroatoms. The van der Waals surface area contributed by atoms with E-state index in [-0.39, 0.29) is 23.1 Å². The highest BCUT2D eigenvalue weighted by Gasteiger charge is 2.11. The Hall–Kier alpha value is -0.920. The van der Waals surface area contributed by atoms with Crippen LogP contribution in [0.1, 0.15) is 23.1 Å². The second kappa shape index (κ2) is 3.86. The van der Waals surface area contributed by atoms with Gasteiger partial charge in [-0.1, -0.05) is 22.6 Å². The van der Waals surface area contributed by atoms with Crippen molar-refractivity contribution >= 4 is 40.0 Å². The van der Waals surface area contributed by atoms with Gasteiger partial charge in [-0.25, -0.2) is 9.97 Å². The van der Waals surface area contributed by atoms with Gasteiger partial charge in [0.2, 0.25) is 0 Å². The second-order valence-corrected chi connectivity index (χ2v) is 3.24. The lowest BCUT2D eigenvalue weighted by Crippen LogP contribution is -2.10. The van der Waals surface area contributed by atoms with Crippen LogP contribution in [0.2, 0.25) is 0 Å². The van der Waals surface area contributed by atoms with Gasteiger partial charge in [0.1, 0.15) is 11.5 Å². The van der Waals surface area contributed by atoms with Crippen molar-refractivity contribution in [1.82, 2.24) is 9.97 Å². The first-order chi connectivity index (χ1) is 6.06. The molecule has 1 rings (SSSR count). The number of alkyl halides is 1. The molecular formula is C7H9IN4O. The number of anilines is 2. The minimum atomic E-state index is -0.198. The summed E-state index contributed by atoms with van der Waals surface area (Å²) in [5.74, 6) is 0.187. The Morgan fingerprint density at radius 3 is 2.46 bits per heavy atom. The Morgan fingerprint density at radius 2 is 2.00 bits per heavy atom. The average molecular weight is 292 g/mol. The van der Waals surface area contributed by atoms with Crippen molar-refractivity contribution in [3.63, 3.8) is 0 Å². The molecule has 0 fully saturated rings. The van der Waals surface area contributed by atoms with Gasteiger partial charge in [-0.2, -0.15) is 0 Å². The number of rotatable bonds is 2. The molecule has 0 unspecified atom stereocenters. The van der Waals surface area contributed by atoms with Crippen LogP contribution in [-0.2, 0) is 4.43 Å². The van der Waals surface area contributed by atoms with Gasteiger partial charge in [-0.15, -0.1) is 0 Å². The van der Waals surface area contributed by atoms with Gasteiger partial charge in [0.25, 0.3) is 0 Å². The molecule has 0 aliphatic rings. The summed E-state index contributed by atoms with van der Waals surface area (Å²) in [4.78, 5) is 18.9. The average Bonchev–Trinajstić information content (AvgIpc) is 2.03. The molecule has 0 bridgehead atoms. The van der Waals surface area contributed by atoms with E-state index in [1.807, 2.05) is 0 Å². The number of nitrogen functional groups attached to an aromatic ring is 2. The molecule has 0 saturated carbocycles. The zero-order valence-corrected chi connectivity index (χ0v) is 9.20. The molecule has 1 aromatic heterocycles. The van der Waals surface area contributed by atoms with Gasteiger partial charge < -0.3 is 11.5 Å². The molecule has 13 heavy (non-hydrogen) atoms. The van der Waals surface area contributed by atoms with E-state index in [0.717, 1.165) is 0 Å². The molecule has 0 aromatic carbocycles. The van der Waals surface area contributed by atoms with Gasteiger partial charge >= 0.3 is 0 Å². The number of hydrogen-bond acceptors (Lipinski definition) is 5. The highest BCUT2D eigenvalue weighted by molar-refractivity contribution is 14.1. The summed E-state index contributed by atoms with van der Waals surface area (Å²) in [6.45, 7) is 1.40. The maximum Gasteiger partial charge on any atom is 0.181 e. The van der Waals surface area contributed by atoms with Crippen molar-refractivity contribution in [3.8, 4) is 0 Å². The molecule has 70 valence electrons. The molecule has 0 radical (unpaired) electrons. The number of nitrogens with zero attached hydrogens (tertiary/aromatic N) is 2. The van der Waals surface area contributed by atoms with Crippen LogP contribution in [0, 0.1) is 0 Å². The molecule has 0 saturated heterocycles. The summed E-state index contributed by atoms with van der Waals surface area (Å²) < 4.78 is 0.608. The fourth-order valence-electron chi connectivity index (χ4n) is 0.854. The molecule has 0 aliphatic heterocycles. The Bertz CT molecular complexity index is 353. The third-order valence-corrected chi connectivity index (χ3v) is 2.21. The largest absolute Gasteiger partial charge is 0.382 e. The third kappa shape index (κ3) is 2.06. The van der Waals surface area contributed by atoms with Crippen molar-refractivity contribution in [3.05, 3.63) is 11.4 Å². The number of aromatic nitrogens is 2. The molecule has 1 heterocycles. The summed E-state index contributed by atoms with van der Waals surface area (Å²) in [7, 11) is 0. The number of carbonyl (C=O) groups is 1. The Labute approximate surface area is 89.1 Å². The second-order valence-electron chi connectivity index (χ2n) is 2.48. The molecule has 5 nitrogen and oxygen atoms in total. The summed E-state index contributed by atoms with van der Waals surface area (Å²) >= 11 is 2.10. The number of ketones is 1. The number of carbonyl (C=O) groups excluding carboxylic acids is 1. The van der Waals surface area contributed by atoms with Crippen LogP contribution in [0.25, 0.3) is 0 Å². The predicted molar refractivity (Wildman–Crippen MR) is 58.6 cm³/mol. The van der Waals surface area contributed by atoms with Crippen molar-refractivity contribution < 1.29 is 4.79 Å². The topological polar surface area (TPSA) is 94.9 Å². The minimum Gasteiger partial charge on any atom is -0.382 e. The zero-order chi connectivity index (χ0) is 10.0. The van der Waals surface area contributed by atoms with E-state index in [1.165, 1.54) is 6.92 Å². The smallest absolute Gasteiger partial charge is 0.181 e. The van der Waals surface area contributed by atoms with E-state index in [0.29, 0.717) is 10.1 Å². The molecule has 1 aromatic rings.